The second-order valence-corrected chi connectivity index (χ2v) is 6.06. The molecule has 2 N–H and O–H groups in total. The lowest BCUT2D eigenvalue weighted by atomic mass is 10.1. The minimum absolute atomic E-state index is 0.0340. The number of hydrogen-bond donors (Lipinski definition) is 2. The Bertz CT molecular complexity index is 676. The molecule has 1 heterocycles. The summed E-state index contributed by atoms with van der Waals surface area (Å²) in [5.41, 5.74) is 1.29. The molecule has 132 valence electrons. The Hall–Kier alpha value is -2.69. The van der Waals surface area contributed by atoms with Gasteiger partial charge in [-0.2, -0.15) is 0 Å². The van der Waals surface area contributed by atoms with Crippen molar-refractivity contribution in [3.05, 3.63) is 60.2 Å². The van der Waals surface area contributed by atoms with E-state index in [2.05, 4.69) is 22.8 Å². The van der Waals surface area contributed by atoms with Gasteiger partial charge in [0, 0.05) is 19.5 Å². The van der Waals surface area contributed by atoms with Gasteiger partial charge in [0.15, 0.2) is 11.5 Å². The highest BCUT2D eigenvalue weighted by Crippen LogP contribution is 2.31. The lowest BCUT2D eigenvalue weighted by molar-refractivity contribution is 0.0853. The molecule has 0 saturated carbocycles. The first-order valence-corrected chi connectivity index (χ1v) is 8.75. The maximum atomic E-state index is 11.8. The van der Waals surface area contributed by atoms with Crippen LogP contribution >= 0.6 is 0 Å². The van der Waals surface area contributed by atoms with E-state index in [0.29, 0.717) is 26.1 Å². The highest BCUT2D eigenvalue weighted by atomic mass is 16.6. The Balaban J connectivity index is 1.27. The summed E-state index contributed by atoms with van der Waals surface area (Å²) in [5, 5.41) is 5.75. The fraction of sp³-hybridized carbons (Fsp3) is 0.350. The van der Waals surface area contributed by atoms with Crippen molar-refractivity contribution in [3.63, 3.8) is 0 Å². The van der Waals surface area contributed by atoms with Crippen molar-refractivity contribution in [3.8, 4) is 11.5 Å². The van der Waals surface area contributed by atoms with Gasteiger partial charge in [-0.1, -0.05) is 42.5 Å². The Morgan fingerprint density at radius 3 is 2.52 bits per heavy atom. The summed E-state index contributed by atoms with van der Waals surface area (Å²) in [6.07, 6.45) is 2.57. The molecular formula is C20H24N2O3. The molecule has 0 radical (unpaired) electrons. The molecule has 1 aliphatic heterocycles. The number of rotatable bonds is 7. The summed E-state index contributed by atoms with van der Waals surface area (Å²) in [6.45, 7) is 1.73. The highest BCUT2D eigenvalue weighted by Gasteiger charge is 2.20. The number of ether oxygens (including phenoxy) is 2. The number of urea groups is 1. The van der Waals surface area contributed by atoms with E-state index in [1.807, 2.05) is 42.5 Å². The molecule has 2 amide bonds. The van der Waals surface area contributed by atoms with E-state index in [4.69, 9.17) is 9.47 Å². The number of benzene rings is 2. The van der Waals surface area contributed by atoms with Crippen LogP contribution in [0.25, 0.3) is 0 Å². The topological polar surface area (TPSA) is 59.6 Å². The second-order valence-electron chi connectivity index (χ2n) is 6.06. The van der Waals surface area contributed by atoms with Crippen LogP contribution in [0.15, 0.2) is 54.6 Å². The molecule has 5 heteroatoms. The van der Waals surface area contributed by atoms with E-state index in [0.717, 1.165) is 24.3 Å². The minimum Gasteiger partial charge on any atom is -0.486 e. The molecule has 0 bridgehead atoms. The number of para-hydroxylation sites is 2. The van der Waals surface area contributed by atoms with E-state index in [-0.39, 0.29) is 12.1 Å². The Morgan fingerprint density at radius 1 is 0.960 bits per heavy atom. The molecule has 0 spiro atoms. The van der Waals surface area contributed by atoms with Crippen LogP contribution in [0, 0.1) is 0 Å². The van der Waals surface area contributed by atoms with Crippen LogP contribution in [0.1, 0.15) is 18.4 Å². The number of aryl methyl sites for hydroxylation is 1. The van der Waals surface area contributed by atoms with E-state index in [9.17, 15) is 4.79 Å². The zero-order chi connectivity index (χ0) is 17.3. The molecule has 0 saturated heterocycles. The summed E-state index contributed by atoms with van der Waals surface area (Å²) in [5.74, 6) is 1.55. The molecule has 1 unspecified atom stereocenters. The zero-order valence-electron chi connectivity index (χ0n) is 14.2. The highest BCUT2D eigenvalue weighted by molar-refractivity contribution is 5.73. The molecule has 2 aromatic carbocycles. The largest absolute Gasteiger partial charge is 0.486 e. The van der Waals surface area contributed by atoms with Crippen LogP contribution < -0.4 is 20.1 Å². The number of carbonyl (C=O) groups excluding carboxylic acids is 1. The van der Waals surface area contributed by atoms with Gasteiger partial charge in [-0.25, -0.2) is 4.79 Å². The van der Waals surface area contributed by atoms with E-state index >= 15 is 0 Å². The van der Waals surface area contributed by atoms with Crippen molar-refractivity contribution >= 4 is 6.03 Å². The number of carbonyl (C=O) groups is 1. The first-order valence-electron chi connectivity index (χ1n) is 8.75. The number of fused-ring (bicyclic) bond motifs is 1. The van der Waals surface area contributed by atoms with Gasteiger partial charge in [-0.05, 0) is 30.5 Å². The van der Waals surface area contributed by atoms with E-state index in [1.165, 1.54) is 5.56 Å². The van der Waals surface area contributed by atoms with Crippen LogP contribution in [-0.2, 0) is 6.42 Å². The molecule has 5 nitrogen and oxygen atoms in total. The molecule has 1 aliphatic rings. The van der Waals surface area contributed by atoms with E-state index < -0.39 is 0 Å². The quantitative estimate of drug-likeness (QED) is 0.761. The first kappa shape index (κ1) is 17.1. The molecule has 1 atom stereocenters. The van der Waals surface area contributed by atoms with Crippen LogP contribution in [0.5, 0.6) is 11.5 Å². The van der Waals surface area contributed by atoms with Crippen molar-refractivity contribution in [2.75, 3.05) is 19.7 Å². The summed E-state index contributed by atoms with van der Waals surface area (Å²) >= 11 is 0. The van der Waals surface area contributed by atoms with Gasteiger partial charge in [0.25, 0.3) is 0 Å². The van der Waals surface area contributed by atoms with Crippen LogP contribution in [0.2, 0.25) is 0 Å². The van der Waals surface area contributed by atoms with E-state index in [1.54, 1.807) is 0 Å². The average Bonchev–Trinajstić information content (AvgIpc) is 2.66. The standard InChI is InChI=1S/C20H24N2O3/c23-20(21-13-6-9-16-7-2-1-3-8-16)22-14-12-17-15-24-18-10-4-5-11-19(18)25-17/h1-5,7-8,10-11,17H,6,9,12-15H2,(H2,21,22,23). The number of hydrogen-bond acceptors (Lipinski definition) is 3. The third-order valence-electron chi connectivity index (χ3n) is 4.09. The summed E-state index contributed by atoms with van der Waals surface area (Å²) in [7, 11) is 0. The molecule has 3 rings (SSSR count). The summed E-state index contributed by atoms with van der Waals surface area (Å²) in [4.78, 5) is 11.8. The van der Waals surface area contributed by atoms with Gasteiger partial charge in [0.05, 0.1) is 0 Å². The maximum absolute atomic E-state index is 11.8. The molecule has 0 aromatic heterocycles. The summed E-state index contributed by atoms with van der Waals surface area (Å²) < 4.78 is 11.5. The number of nitrogens with one attached hydrogen (secondary N) is 2. The SMILES string of the molecule is O=C(NCCCc1ccccc1)NCCC1COc2ccccc2O1. The van der Waals surface area contributed by atoms with Gasteiger partial charge in [0.1, 0.15) is 12.7 Å². The summed E-state index contributed by atoms with van der Waals surface area (Å²) in [6, 6.07) is 17.8. The third-order valence-corrected chi connectivity index (χ3v) is 4.09. The fourth-order valence-corrected chi connectivity index (χ4v) is 2.75. The monoisotopic (exact) mass is 340 g/mol. The van der Waals surface area contributed by atoms with Crippen molar-refractivity contribution in [1.29, 1.82) is 0 Å². The zero-order valence-corrected chi connectivity index (χ0v) is 14.2. The van der Waals surface area contributed by atoms with Gasteiger partial charge in [0.2, 0.25) is 0 Å². The predicted molar refractivity (Wildman–Crippen MR) is 97.1 cm³/mol. The molecular weight excluding hydrogens is 316 g/mol. The Morgan fingerprint density at radius 2 is 1.68 bits per heavy atom. The Kier molecular flexibility index (Phi) is 6.15. The predicted octanol–water partition coefficient (Wildman–Crippen LogP) is 3.15. The smallest absolute Gasteiger partial charge is 0.314 e. The first-order chi connectivity index (χ1) is 12.3. The lowest BCUT2D eigenvalue weighted by Gasteiger charge is -2.26. The van der Waals surface area contributed by atoms with Crippen LogP contribution in [0.3, 0.4) is 0 Å². The van der Waals surface area contributed by atoms with Gasteiger partial charge < -0.3 is 20.1 Å². The third kappa shape index (κ3) is 5.41. The van der Waals surface area contributed by atoms with Gasteiger partial charge >= 0.3 is 6.03 Å². The van der Waals surface area contributed by atoms with Crippen molar-refractivity contribution in [2.45, 2.75) is 25.4 Å². The molecule has 2 aromatic rings. The maximum Gasteiger partial charge on any atom is 0.314 e. The van der Waals surface area contributed by atoms with Gasteiger partial charge in [-0.3, -0.25) is 0 Å². The fourth-order valence-electron chi connectivity index (χ4n) is 2.75. The molecule has 0 aliphatic carbocycles. The second kappa shape index (κ2) is 8.97. The lowest BCUT2D eigenvalue weighted by Crippen LogP contribution is -2.39. The number of amides is 2. The normalized spacial score (nSPS) is 15.4. The van der Waals surface area contributed by atoms with Crippen LogP contribution in [0.4, 0.5) is 4.79 Å². The van der Waals surface area contributed by atoms with Crippen molar-refractivity contribution < 1.29 is 14.3 Å². The Labute approximate surface area is 148 Å². The average molecular weight is 340 g/mol. The molecule has 25 heavy (non-hydrogen) atoms. The van der Waals surface area contributed by atoms with Gasteiger partial charge in [-0.15, -0.1) is 0 Å². The van der Waals surface area contributed by atoms with Crippen LogP contribution in [-0.4, -0.2) is 31.8 Å². The minimum atomic E-state index is -0.134. The van der Waals surface area contributed by atoms with Crippen molar-refractivity contribution in [2.24, 2.45) is 0 Å². The van der Waals surface area contributed by atoms with Crippen molar-refractivity contribution in [1.82, 2.24) is 10.6 Å². The molecule has 0 fully saturated rings.